The van der Waals surface area contributed by atoms with Crippen LogP contribution in [0.25, 0.3) is 4.96 Å². The molecule has 2 heterocycles. The number of aliphatic carboxylic acids is 1. The molecule has 2 aromatic heterocycles. The van der Waals surface area contributed by atoms with Gasteiger partial charge in [-0.3, -0.25) is 0 Å². The zero-order valence-corrected chi connectivity index (χ0v) is 11.8. The molecule has 108 valence electrons. The Morgan fingerprint density at radius 1 is 1.35 bits per heavy atom. The van der Waals surface area contributed by atoms with Crippen molar-refractivity contribution in [3.8, 4) is 0 Å². The standard InChI is InChI=1S/C12H16N4O3S/c17-10(18)7-19-6-9-15-16-11(13-14-12(16)20-9)8-4-2-1-3-5-8/h8H,1-7H2,(H,17,18). The van der Waals surface area contributed by atoms with Gasteiger partial charge in [0.1, 0.15) is 18.2 Å². The van der Waals surface area contributed by atoms with Gasteiger partial charge >= 0.3 is 5.97 Å². The van der Waals surface area contributed by atoms with Crippen LogP contribution in [0.15, 0.2) is 0 Å². The maximum atomic E-state index is 10.4. The third-order valence-corrected chi connectivity index (χ3v) is 4.35. The minimum Gasteiger partial charge on any atom is -0.480 e. The smallest absolute Gasteiger partial charge is 0.329 e. The number of carboxylic acid groups (broad SMARTS) is 1. The molecule has 1 saturated carbocycles. The average molecular weight is 296 g/mol. The highest BCUT2D eigenvalue weighted by atomic mass is 32.1. The third kappa shape index (κ3) is 2.80. The van der Waals surface area contributed by atoms with Crippen LogP contribution in [0.5, 0.6) is 0 Å². The van der Waals surface area contributed by atoms with E-state index >= 15 is 0 Å². The van der Waals surface area contributed by atoms with Gasteiger partial charge in [-0.1, -0.05) is 30.6 Å². The van der Waals surface area contributed by atoms with E-state index in [2.05, 4.69) is 15.3 Å². The summed E-state index contributed by atoms with van der Waals surface area (Å²) in [5.41, 5.74) is 0. The summed E-state index contributed by atoms with van der Waals surface area (Å²) < 4.78 is 6.84. The quantitative estimate of drug-likeness (QED) is 0.905. The van der Waals surface area contributed by atoms with Gasteiger partial charge in [-0.15, -0.1) is 10.2 Å². The molecule has 0 spiro atoms. The van der Waals surface area contributed by atoms with E-state index in [1.54, 1.807) is 4.52 Å². The Hall–Kier alpha value is -1.54. The molecule has 3 rings (SSSR count). The molecule has 0 saturated heterocycles. The number of aromatic nitrogens is 4. The normalized spacial score (nSPS) is 16.8. The second-order valence-electron chi connectivity index (χ2n) is 4.97. The summed E-state index contributed by atoms with van der Waals surface area (Å²) in [7, 11) is 0. The molecule has 0 amide bonds. The zero-order valence-electron chi connectivity index (χ0n) is 11.0. The van der Waals surface area contributed by atoms with Crippen molar-refractivity contribution in [1.82, 2.24) is 19.8 Å². The minimum absolute atomic E-state index is 0.199. The lowest BCUT2D eigenvalue weighted by molar-refractivity contribution is -0.142. The van der Waals surface area contributed by atoms with E-state index in [0.717, 1.165) is 28.6 Å². The Bertz CT molecular complexity index is 603. The van der Waals surface area contributed by atoms with Crippen LogP contribution in [0, 0.1) is 0 Å². The van der Waals surface area contributed by atoms with Gasteiger partial charge in [0, 0.05) is 5.92 Å². The van der Waals surface area contributed by atoms with E-state index in [9.17, 15) is 4.79 Å². The topological polar surface area (TPSA) is 89.6 Å². The van der Waals surface area contributed by atoms with Crippen molar-refractivity contribution in [1.29, 1.82) is 0 Å². The number of carboxylic acids is 1. The Kier molecular flexibility index (Phi) is 3.93. The molecule has 8 heteroatoms. The van der Waals surface area contributed by atoms with Crippen molar-refractivity contribution in [3.05, 3.63) is 10.8 Å². The van der Waals surface area contributed by atoms with Crippen molar-refractivity contribution in [2.75, 3.05) is 6.61 Å². The van der Waals surface area contributed by atoms with Crippen LogP contribution >= 0.6 is 11.3 Å². The van der Waals surface area contributed by atoms with Gasteiger partial charge in [-0.05, 0) is 12.8 Å². The highest BCUT2D eigenvalue weighted by Gasteiger charge is 2.22. The highest BCUT2D eigenvalue weighted by molar-refractivity contribution is 7.16. The van der Waals surface area contributed by atoms with Crippen LogP contribution in [0.4, 0.5) is 0 Å². The van der Waals surface area contributed by atoms with Gasteiger partial charge in [0.2, 0.25) is 4.96 Å². The van der Waals surface area contributed by atoms with Gasteiger partial charge in [-0.2, -0.15) is 9.61 Å². The number of hydrogen-bond donors (Lipinski definition) is 1. The van der Waals surface area contributed by atoms with E-state index < -0.39 is 5.97 Å². The first-order valence-electron chi connectivity index (χ1n) is 6.74. The van der Waals surface area contributed by atoms with Crippen molar-refractivity contribution < 1.29 is 14.6 Å². The molecular weight excluding hydrogens is 280 g/mol. The van der Waals surface area contributed by atoms with E-state index in [1.807, 2.05) is 0 Å². The molecule has 0 atom stereocenters. The van der Waals surface area contributed by atoms with Crippen molar-refractivity contribution in [3.63, 3.8) is 0 Å². The lowest BCUT2D eigenvalue weighted by Crippen LogP contribution is -2.10. The monoisotopic (exact) mass is 296 g/mol. The molecule has 7 nitrogen and oxygen atoms in total. The molecule has 0 bridgehead atoms. The summed E-state index contributed by atoms with van der Waals surface area (Å²) in [5, 5.41) is 22.1. The molecule has 0 radical (unpaired) electrons. The van der Waals surface area contributed by atoms with Crippen molar-refractivity contribution >= 4 is 22.3 Å². The largest absolute Gasteiger partial charge is 0.480 e. The molecule has 1 aliphatic rings. The summed E-state index contributed by atoms with van der Waals surface area (Å²) >= 11 is 1.39. The van der Waals surface area contributed by atoms with Crippen LogP contribution in [0.2, 0.25) is 0 Å². The zero-order chi connectivity index (χ0) is 13.9. The molecule has 2 aromatic rings. The first-order valence-corrected chi connectivity index (χ1v) is 7.56. The van der Waals surface area contributed by atoms with Crippen LogP contribution < -0.4 is 0 Å². The minimum atomic E-state index is -0.976. The van der Waals surface area contributed by atoms with E-state index in [-0.39, 0.29) is 13.2 Å². The molecule has 1 N–H and O–H groups in total. The van der Waals surface area contributed by atoms with E-state index in [1.165, 1.54) is 30.6 Å². The first kappa shape index (κ1) is 13.4. The third-order valence-electron chi connectivity index (χ3n) is 3.48. The predicted octanol–water partition coefficient (Wildman–Crippen LogP) is 1.83. The van der Waals surface area contributed by atoms with E-state index in [0.29, 0.717) is 5.92 Å². The molecule has 1 aliphatic carbocycles. The predicted molar refractivity (Wildman–Crippen MR) is 71.8 cm³/mol. The van der Waals surface area contributed by atoms with Crippen LogP contribution in [0.3, 0.4) is 0 Å². The van der Waals surface area contributed by atoms with Gasteiger partial charge < -0.3 is 9.84 Å². The van der Waals surface area contributed by atoms with Gasteiger partial charge in [-0.25, -0.2) is 4.79 Å². The van der Waals surface area contributed by atoms with Crippen molar-refractivity contribution in [2.45, 2.75) is 44.6 Å². The molecule has 1 fully saturated rings. The summed E-state index contributed by atoms with van der Waals surface area (Å²) in [6.07, 6.45) is 6.05. The van der Waals surface area contributed by atoms with Crippen molar-refractivity contribution in [2.24, 2.45) is 0 Å². The highest BCUT2D eigenvalue weighted by Crippen LogP contribution is 2.32. The molecule has 0 unspecified atom stereocenters. The molecular formula is C12H16N4O3S. The Labute approximate surface area is 119 Å². The summed E-state index contributed by atoms with van der Waals surface area (Å²) in [4.78, 5) is 11.2. The maximum absolute atomic E-state index is 10.4. The average Bonchev–Trinajstić information content (AvgIpc) is 2.99. The summed E-state index contributed by atoms with van der Waals surface area (Å²) in [6, 6.07) is 0. The maximum Gasteiger partial charge on any atom is 0.329 e. The summed E-state index contributed by atoms with van der Waals surface area (Å²) in [6.45, 7) is -0.111. The molecule has 0 aliphatic heterocycles. The number of carbonyl (C=O) groups is 1. The van der Waals surface area contributed by atoms with Gasteiger partial charge in [0.05, 0.1) is 0 Å². The molecule has 20 heavy (non-hydrogen) atoms. The lowest BCUT2D eigenvalue weighted by Gasteiger charge is -2.18. The Morgan fingerprint density at radius 2 is 2.15 bits per heavy atom. The van der Waals surface area contributed by atoms with Gasteiger partial charge in [0.25, 0.3) is 0 Å². The van der Waals surface area contributed by atoms with Crippen LogP contribution in [0.1, 0.15) is 48.9 Å². The fourth-order valence-electron chi connectivity index (χ4n) is 2.57. The second kappa shape index (κ2) is 5.84. The Morgan fingerprint density at radius 3 is 2.90 bits per heavy atom. The summed E-state index contributed by atoms with van der Waals surface area (Å²) in [5.74, 6) is 0.393. The number of fused-ring (bicyclic) bond motifs is 1. The van der Waals surface area contributed by atoms with E-state index in [4.69, 9.17) is 9.84 Å². The second-order valence-corrected chi connectivity index (χ2v) is 6.01. The fraction of sp³-hybridized carbons (Fsp3) is 0.667. The Balaban J connectivity index is 1.74. The number of rotatable bonds is 5. The van der Waals surface area contributed by atoms with Crippen LogP contribution in [-0.4, -0.2) is 37.5 Å². The number of nitrogens with zero attached hydrogens (tertiary/aromatic N) is 4. The fourth-order valence-corrected chi connectivity index (χ4v) is 3.35. The number of ether oxygens (including phenoxy) is 1. The van der Waals surface area contributed by atoms with Gasteiger partial charge in [0.15, 0.2) is 5.82 Å². The lowest BCUT2D eigenvalue weighted by atomic mass is 9.89. The SMILES string of the molecule is O=C(O)COCc1nn2c(C3CCCCC3)nnc2s1. The van der Waals surface area contributed by atoms with Crippen LogP contribution in [-0.2, 0) is 16.1 Å². The number of hydrogen-bond acceptors (Lipinski definition) is 6. The first-order chi connectivity index (χ1) is 9.74. The molecule has 0 aromatic carbocycles.